The van der Waals surface area contributed by atoms with Crippen LogP contribution >= 0.6 is 0 Å². The minimum Gasteiger partial charge on any atom is -0.497 e. The Morgan fingerprint density at radius 3 is 2.27 bits per heavy atom. The molecule has 2 fully saturated rings. The average molecular weight is 431 g/mol. The number of hydrogen-bond donors (Lipinski definition) is 2. The van der Waals surface area contributed by atoms with E-state index in [1.54, 1.807) is 12.0 Å². The highest BCUT2D eigenvalue weighted by atomic mass is 32.2. The number of urea groups is 1. The number of carbonyl (C=O) groups is 1. The Morgan fingerprint density at radius 2 is 1.70 bits per heavy atom. The van der Waals surface area contributed by atoms with Gasteiger partial charge >= 0.3 is 6.03 Å². The summed E-state index contributed by atoms with van der Waals surface area (Å²) in [5.74, 6) is 1.42. The van der Waals surface area contributed by atoms with Gasteiger partial charge in [0.2, 0.25) is 0 Å². The van der Waals surface area contributed by atoms with E-state index in [-0.39, 0.29) is 12.6 Å². The molecule has 8 nitrogen and oxygen atoms in total. The summed E-state index contributed by atoms with van der Waals surface area (Å²) in [7, 11) is -2.42. The van der Waals surface area contributed by atoms with Crippen LogP contribution in [0.15, 0.2) is 48.5 Å². The van der Waals surface area contributed by atoms with Gasteiger partial charge in [-0.25, -0.2) is 14.9 Å². The number of carbonyl (C=O) groups excluding carboxylic acids is 1. The zero-order valence-electron chi connectivity index (χ0n) is 16.8. The zero-order chi connectivity index (χ0) is 21.3. The number of amides is 2. The van der Waals surface area contributed by atoms with Crippen LogP contribution in [-0.4, -0.2) is 44.6 Å². The van der Waals surface area contributed by atoms with Crippen LogP contribution < -0.4 is 14.7 Å². The van der Waals surface area contributed by atoms with E-state index in [2.05, 4.69) is 17.0 Å². The van der Waals surface area contributed by atoms with Crippen molar-refractivity contribution in [3.63, 3.8) is 0 Å². The Hall–Kier alpha value is -2.62. The van der Waals surface area contributed by atoms with Crippen LogP contribution in [0.4, 0.5) is 4.79 Å². The molecule has 0 aromatic heterocycles. The maximum absolute atomic E-state index is 12.9. The second-order valence-corrected chi connectivity index (χ2v) is 9.05. The number of nitrogens with one attached hydrogen (secondary N) is 1. The van der Waals surface area contributed by atoms with Crippen molar-refractivity contribution in [2.75, 3.05) is 20.2 Å². The van der Waals surface area contributed by atoms with E-state index in [9.17, 15) is 13.2 Å². The topological polar surface area (TPSA) is 105 Å². The van der Waals surface area contributed by atoms with Gasteiger partial charge in [-0.3, -0.25) is 0 Å². The SMILES string of the molecule is COc1ccc(CCN2C(=O)N(NS(N)(=O)=O)CC2c2ccc(C3CC3)cc2)cc1. The summed E-state index contributed by atoms with van der Waals surface area (Å²) < 4.78 is 28.2. The number of nitrogens with zero attached hydrogens (tertiary/aromatic N) is 2. The predicted molar refractivity (Wildman–Crippen MR) is 113 cm³/mol. The van der Waals surface area contributed by atoms with E-state index in [1.807, 2.05) is 36.4 Å². The molecule has 1 saturated heterocycles. The summed E-state index contributed by atoms with van der Waals surface area (Å²) in [5.41, 5.74) is 3.35. The van der Waals surface area contributed by atoms with E-state index in [0.717, 1.165) is 21.9 Å². The summed E-state index contributed by atoms with van der Waals surface area (Å²) in [4.78, 5) is 16.7. The minimum absolute atomic E-state index is 0.195. The van der Waals surface area contributed by atoms with Crippen molar-refractivity contribution in [1.82, 2.24) is 14.7 Å². The fraction of sp³-hybridized carbons (Fsp3) is 0.381. The molecule has 2 aliphatic rings. The minimum atomic E-state index is -4.04. The molecule has 2 aromatic carbocycles. The summed E-state index contributed by atoms with van der Waals surface area (Å²) in [6, 6.07) is 15.3. The van der Waals surface area contributed by atoms with Gasteiger partial charge in [0.1, 0.15) is 5.75 Å². The third-order valence-corrected chi connectivity index (χ3v) is 6.09. The number of ether oxygens (including phenoxy) is 1. The van der Waals surface area contributed by atoms with E-state index in [1.165, 1.54) is 18.4 Å². The van der Waals surface area contributed by atoms with E-state index < -0.39 is 16.2 Å². The molecule has 1 unspecified atom stereocenters. The molecule has 30 heavy (non-hydrogen) atoms. The molecule has 9 heteroatoms. The van der Waals surface area contributed by atoms with Crippen LogP contribution in [-0.2, 0) is 16.6 Å². The lowest BCUT2D eigenvalue weighted by Crippen LogP contribution is -2.47. The number of hydrogen-bond acceptors (Lipinski definition) is 4. The van der Waals surface area contributed by atoms with Crippen LogP contribution in [0.25, 0.3) is 0 Å². The Balaban J connectivity index is 1.53. The molecule has 1 atom stereocenters. The van der Waals surface area contributed by atoms with Crippen LogP contribution in [0, 0.1) is 0 Å². The summed E-state index contributed by atoms with van der Waals surface area (Å²) in [6.45, 7) is 0.643. The normalized spacial score (nSPS) is 19.4. The molecule has 2 aromatic rings. The summed E-state index contributed by atoms with van der Waals surface area (Å²) >= 11 is 0. The molecule has 3 N–H and O–H groups in total. The van der Waals surface area contributed by atoms with Crippen molar-refractivity contribution < 1.29 is 17.9 Å². The van der Waals surface area contributed by atoms with E-state index >= 15 is 0 Å². The number of nitrogens with two attached hydrogens (primary N) is 1. The lowest BCUT2D eigenvalue weighted by Gasteiger charge is -2.23. The first-order valence-corrected chi connectivity index (χ1v) is 11.5. The first-order valence-electron chi connectivity index (χ1n) is 9.95. The van der Waals surface area contributed by atoms with Gasteiger partial charge < -0.3 is 9.64 Å². The largest absolute Gasteiger partial charge is 0.497 e. The smallest absolute Gasteiger partial charge is 0.335 e. The van der Waals surface area contributed by atoms with Crippen molar-refractivity contribution in [3.8, 4) is 5.75 Å². The van der Waals surface area contributed by atoms with Crippen LogP contribution in [0.5, 0.6) is 5.75 Å². The Labute approximate surface area is 176 Å². The van der Waals surface area contributed by atoms with Crippen molar-refractivity contribution in [2.24, 2.45) is 5.14 Å². The van der Waals surface area contributed by atoms with Gasteiger partial charge in [-0.05, 0) is 54.0 Å². The number of hydrazine groups is 1. The van der Waals surface area contributed by atoms with Crippen molar-refractivity contribution in [2.45, 2.75) is 31.2 Å². The second kappa shape index (κ2) is 8.25. The molecule has 4 rings (SSSR count). The van der Waals surface area contributed by atoms with Crippen LogP contribution in [0.1, 0.15) is 41.5 Å². The molecule has 160 valence electrons. The molecule has 1 aliphatic heterocycles. The highest BCUT2D eigenvalue weighted by molar-refractivity contribution is 7.87. The fourth-order valence-electron chi connectivity index (χ4n) is 3.85. The first kappa shape index (κ1) is 20.6. The molecule has 0 bridgehead atoms. The molecule has 0 radical (unpaired) electrons. The molecule has 2 amide bonds. The molecule has 1 heterocycles. The van der Waals surface area contributed by atoms with Gasteiger partial charge in [0.25, 0.3) is 10.2 Å². The van der Waals surface area contributed by atoms with Crippen molar-refractivity contribution >= 4 is 16.2 Å². The molecule has 1 aliphatic carbocycles. The highest BCUT2D eigenvalue weighted by Gasteiger charge is 2.39. The Morgan fingerprint density at radius 1 is 1.07 bits per heavy atom. The van der Waals surface area contributed by atoms with Gasteiger partial charge in [0.05, 0.1) is 19.7 Å². The monoisotopic (exact) mass is 430 g/mol. The van der Waals surface area contributed by atoms with Crippen molar-refractivity contribution in [1.29, 1.82) is 0 Å². The maximum atomic E-state index is 12.9. The fourth-order valence-corrected chi connectivity index (χ4v) is 4.31. The second-order valence-electron chi connectivity index (χ2n) is 7.78. The van der Waals surface area contributed by atoms with Crippen LogP contribution in [0.2, 0.25) is 0 Å². The third-order valence-electron chi connectivity index (χ3n) is 5.62. The summed E-state index contributed by atoms with van der Waals surface area (Å²) in [6.07, 6.45) is 3.08. The summed E-state index contributed by atoms with van der Waals surface area (Å²) in [5, 5.41) is 6.17. The quantitative estimate of drug-likeness (QED) is 0.670. The standard InChI is InChI=1S/C21H26N4O4S/c1-29-19-10-2-15(3-11-19)12-13-24-20(14-25(21(24)26)23-30(22,27)28)18-8-6-17(7-9-18)16-4-5-16/h2-3,6-11,16,20,23H,4-5,12-14H2,1H3,(H2,22,27,28). The average Bonchev–Trinajstić information content (AvgIpc) is 3.53. The van der Waals surface area contributed by atoms with E-state index in [4.69, 9.17) is 9.88 Å². The number of rotatable bonds is 8. The lowest BCUT2D eigenvalue weighted by molar-refractivity contribution is 0.182. The molecular weight excluding hydrogens is 404 g/mol. The highest BCUT2D eigenvalue weighted by Crippen LogP contribution is 2.40. The zero-order valence-corrected chi connectivity index (χ0v) is 17.6. The number of benzene rings is 2. The maximum Gasteiger partial charge on any atom is 0.335 e. The first-order chi connectivity index (χ1) is 14.3. The van der Waals surface area contributed by atoms with Gasteiger partial charge in [-0.15, -0.1) is 4.83 Å². The molecular formula is C21H26N4O4S. The lowest BCUT2D eigenvalue weighted by atomic mass is 10.0. The molecule has 1 saturated carbocycles. The van der Waals surface area contributed by atoms with Crippen molar-refractivity contribution in [3.05, 3.63) is 65.2 Å². The van der Waals surface area contributed by atoms with Gasteiger partial charge in [-0.2, -0.15) is 8.42 Å². The molecule has 0 spiro atoms. The Bertz CT molecular complexity index is 1000. The Kier molecular flexibility index (Phi) is 5.68. The van der Waals surface area contributed by atoms with Crippen LogP contribution in [0.3, 0.4) is 0 Å². The number of methoxy groups -OCH3 is 1. The van der Waals surface area contributed by atoms with Gasteiger partial charge in [0.15, 0.2) is 0 Å². The van der Waals surface area contributed by atoms with E-state index in [0.29, 0.717) is 18.9 Å². The predicted octanol–water partition coefficient (Wildman–Crippen LogP) is 2.30. The van der Waals surface area contributed by atoms with Gasteiger partial charge in [-0.1, -0.05) is 36.4 Å². The third kappa shape index (κ3) is 4.75. The van der Waals surface area contributed by atoms with Gasteiger partial charge in [0, 0.05) is 6.54 Å².